The highest BCUT2D eigenvalue weighted by molar-refractivity contribution is 6.15. The fourth-order valence-electron chi connectivity index (χ4n) is 4.43. The number of carbonyl (C=O) groups excluding carboxylic acids is 3. The lowest BCUT2D eigenvalue weighted by molar-refractivity contribution is -0.176. The molecule has 1 fully saturated rings. The average Bonchev–Trinajstić information content (AvgIpc) is 3.28. The van der Waals surface area contributed by atoms with Gasteiger partial charge in [-0.25, -0.2) is 4.79 Å². The fourth-order valence-corrected chi connectivity index (χ4v) is 4.43. The molecule has 0 unspecified atom stereocenters. The first-order valence-corrected chi connectivity index (χ1v) is 10.8. The van der Waals surface area contributed by atoms with Gasteiger partial charge in [-0.2, -0.15) is 13.2 Å². The van der Waals surface area contributed by atoms with Gasteiger partial charge in [-0.3, -0.25) is 14.5 Å². The smallest absolute Gasteiger partial charge is 0.411 e. The third-order valence-electron chi connectivity index (χ3n) is 5.97. The zero-order valence-electron chi connectivity index (χ0n) is 18.2. The molecule has 1 aliphatic carbocycles. The molecular weight excluding hydrogens is 453 g/mol. The van der Waals surface area contributed by atoms with Gasteiger partial charge in [0, 0.05) is 0 Å². The number of benzene rings is 2. The predicted octanol–water partition coefficient (Wildman–Crippen LogP) is 4.22. The zero-order chi connectivity index (χ0) is 24.3. The van der Waals surface area contributed by atoms with Crippen molar-refractivity contribution < 1.29 is 37.0 Å². The van der Waals surface area contributed by atoms with E-state index in [1.54, 1.807) is 24.3 Å². The van der Waals surface area contributed by atoms with Gasteiger partial charge >= 0.3 is 12.1 Å². The van der Waals surface area contributed by atoms with Crippen molar-refractivity contribution in [2.24, 2.45) is 0 Å². The Labute approximate surface area is 193 Å². The molecule has 2 aromatic carbocycles. The summed E-state index contributed by atoms with van der Waals surface area (Å²) in [7, 11) is 0. The number of halogens is 3. The average molecular weight is 476 g/mol. The zero-order valence-corrected chi connectivity index (χ0v) is 18.2. The van der Waals surface area contributed by atoms with Crippen LogP contribution in [0.2, 0.25) is 0 Å². The number of anilines is 2. The Morgan fingerprint density at radius 2 is 1.71 bits per heavy atom. The van der Waals surface area contributed by atoms with Crippen LogP contribution < -0.4 is 10.2 Å². The van der Waals surface area contributed by atoms with Gasteiger partial charge in [-0.05, 0) is 42.7 Å². The molecule has 10 heteroatoms. The number of alkyl halides is 3. The molecular formula is C24H23F3N2O5. The first-order valence-electron chi connectivity index (χ1n) is 10.8. The van der Waals surface area contributed by atoms with Crippen molar-refractivity contribution in [2.75, 3.05) is 23.4 Å². The SMILES string of the molecule is O=C(OCC(=O)N1c2ccccc2NC(=O)C12CCCC2)c1ccc(COCC(F)(F)F)cc1. The van der Waals surface area contributed by atoms with Crippen molar-refractivity contribution in [2.45, 2.75) is 44.0 Å². The minimum absolute atomic E-state index is 0.139. The van der Waals surface area contributed by atoms with Gasteiger partial charge in [-0.15, -0.1) is 0 Å². The Bertz CT molecular complexity index is 1080. The van der Waals surface area contributed by atoms with Crippen molar-refractivity contribution in [3.05, 3.63) is 59.7 Å². The Balaban J connectivity index is 1.41. The highest BCUT2D eigenvalue weighted by atomic mass is 19.4. The number of esters is 1. The van der Waals surface area contributed by atoms with Gasteiger partial charge < -0.3 is 14.8 Å². The monoisotopic (exact) mass is 476 g/mol. The van der Waals surface area contributed by atoms with Crippen molar-refractivity contribution in [1.29, 1.82) is 0 Å². The second kappa shape index (κ2) is 9.46. The number of para-hydroxylation sites is 2. The minimum Gasteiger partial charge on any atom is -0.452 e. The maximum absolute atomic E-state index is 13.2. The normalized spacial score (nSPS) is 16.8. The maximum atomic E-state index is 13.2. The van der Waals surface area contributed by atoms with Crippen LogP contribution in [0.3, 0.4) is 0 Å². The number of fused-ring (bicyclic) bond motifs is 1. The van der Waals surface area contributed by atoms with E-state index in [9.17, 15) is 27.6 Å². The summed E-state index contributed by atoms with van der Waals surface area (Å²) in [6, 6.07) is 12.7. The van der Waals surface area contributed by atoms with Crippen LogP contribution in [-0.4, -0.2) is 42.7 Å². The third-order valence-corrected chi connectivity index (χ3v) is 5.97. The molecule has 0 saturated heterocycles. The van der Waals surface area contributed by atoms with Crippen molar-refractivity contribution in [3.63, 3.8) is 0 Å². The molecule has 1 spiro atoms. The lowest BCUT2D eigenvalue weighted by Crippen LogP contribution is -2.61. The van der Waals surface area contributed by atoms with E-state index >= 15 is 0 Å². The molecule has 4 rings (SSSR count). The van der Waals surface area contributed by atoms with Crippen molar-refractivity contribution >= 4 is 29.2 Å². The van der Waals surface area contributed by atoms with Crippen LogP contribution in [0.1, 0.15) is 41.6 Å². The van der Waals surface area contributed by atoms with Gasteiger partial charge in [0.05, 0.1) is 23.5 Å². The molecule has 1 N–H and O–H groups in total. The highest BCUT2D eigenvalue weighted by Crippen LogP contribution is 2.45. The lowest BCUT2D eigenvalue weighted by Gasteiger charge is -2.44. The van der Waals surface area contributed by atoms with E-state index in [2.05, 4.69) is 10.1 Å². The fraction of sp³-hybridized carbons (Fsp3) is 0.375. The molecule has 2 aromatic rings. The Hall–Kier alpha value is -3.40. The number of ether oxygens (including phenoxy) is 2. The molecule has 1 heterocycles. The van der Waals surface area contributed by atoms with Gasteiger partial charge in [0.15, 0.2) is 6.61 Å². The predicted molar refractivity (Wildman–Crippen MR) is 116 cm³/mol. The summed E-state index contributed by atoms with van der Waals surface area (Å²) in [6.45, 7) is -2.18. The molecule has 0 aromatic heterocycles. The highest BCUT2D eigenvalue weighted by Gasteiger charge is 2.52. The maximum Gasteiger partial charge on any atom is 0.411 e. The van der Waals surface area contributed by atoms with E-state index in [-0.39, 0.29) is 18.1 Å². The summed E-state index contributed by atoms with van der Waals surface area (Å²) in [4.78, 5) is 40.1. The topological polar surface area (TPSA) is 84.9 Å². The van der Waals surface area contributed by atoms with E-state index in [0.717, 1.165) is 12.8 Å². The number of nitrogens with one attached hydrogen (secondary N) is 1. The van der Waals surface area contributed by atoms with Gasteiger partial charge in [0.25, 0.3) is 11.8 Å². The van der Waals surface area contributed by atoms with Gasteiger partial charge in [0.1, 0.15) is 12.1 Å². The number of hydrogen-bond donors (Lipinski definition) is 1. The number of rotatable bonds is 6. The largest absolute Gasteiger partial charge is 0.452 e. The summed E-state index contributed by atoms with van der Waals surface area (Å²) in [6.07, 6.45) is -1.77. The third kappa shape index (κ3) is 4.91. The van der Waals surface area contributed by atoms with Crippen LogP contribution in [0.15, 0.2) is 48.5 Å². The quantitative estimate of drug-likeness (QED) is 0.631. The van der Waals surface area contributed by atoms with E-state index < -0.39 is 36.8 Å². The molecule has 34 heavy (non-hydrogen) atoms. The standard InChI is InChI=1S/C24H23F3N2O5/c25-24(26,27)15-33-13-16-7-9-17(10-8-16)21(31)34-14-20(30)29-19-6-2-1-5-18(19)28-22(32)23(29)11-3-4-12-23/h1-2,5-10H,3-4,11-15H2,(H,28,32). The lowest BCUT2D eigenvalue weighted by atomic mass is 9.90. The minimum atomic E-state index is -4.41. The van der Waals surface area contributed by atoms with Crippen LogP contribution in [0, 0.1) is 0 Å². The first-order chi connectivity index (χ1) is 16.2. The van der Waals surface area contributed by atoms with Gasteiger partial charge in [0.2, 0.25) is 0 Å². The van der Waals surface area contributed by atoms with Crippen molar-refractivity contribution in [3.8, 4) is 0 Å². The van der Waals surface area contributed by atoms with E-state index in [1.165, 1.54) is 29.2 Å². The number of nitrogens with zero attached hydrogens (tertiary/aromatic N) is 1. The second-order valence-corrected chi connectivity index (χ2v) is 8.32. The van der Waals surface area contributed by atoms with E-state index in [0.29, 0.717) is 29.8 Å². The van der Waals surface area contributed by atoms with Gasteiger partial charge in [-0.1, -0.05) is 37.1 Å². The Morgan fingerprint density at radius 1 is 1.03 bits per heavy atom. The molecule has 7 nitrogen and oxygen atoms in total. The summed E-state index contributed by atoms with van der Waals surface area (Å²) in [5.41, 5.74) is 0.674. The molecule has 0 atom stereocenters. The second-order valence-electron chi connectivity index (χ2n) is 8.32. The molecule has 1 saturated carbocycles. The first kappa shape index (κ1) is 23.7. The van der Waals surface area contributed by atoms with E-state index in [4.69, 9.17) is 4.74 Å². The molecule has 1 aliphatic heterocycles. The Kier molecular flexibility index (Phi) is 6.60. The molecule has 180 valence electrons. The van der Waals surface area contributed by atoms with Crippen LogP contribution in [0.25, 0.3) is 0 Å². The molecule has 2 amide bonds. The molecule has 0 bridgehead atoms. The van der Waals surface area contributed by atoms with Crippen LogP contribution in [-0.2, 0) is 25.7 Å². The molecule has 0 radical (unpaired) electrons. The summed E-state index contributed by atoms with van der Waals surface area (Å²) >= 11 is 0. The van der Waals surface area contributed by atoms with Crippen molar-refractivity contribution in [1.82, 2.24) is 0 Å². The van der Waals surface area contributed by atoms with E-state index in [1.807, 2.05) is 0 Å². The van der Waals surface area contributed by atoms with Crippen LogP contribution >= 0.6 is 0 Å². The number of amides is 2. The molecule has 2 aliphatic rings. The van der Waals surface area contributed by atoms with Crippen LogP contribution in [0.5, 0.6) is 0 Å². The Morgan fingerprint density at radius 3 is 2.38 bits per heavy atom. The van der Waals surface area contributed by atoms with Crippen LogP contribution in [0.4, 0.5) is 24.5 Å². The summed E-state index contributed by atoms with van der Waals surface area (Å²) in [5.74, 6) is -1.51. The summed E-state index contributed by atoms with van der Waals surface area (Å²) < 4.78 is 46.3. The summed E-state index contributed by atoms with van der Waals surface area (Å²) in [5, 5.41) is 2.88. The number of carbonyl (C=O) groups is 3. The number of hydrogen-bond acceptors (Lipinski definition) is 5.